The van der Waals surface area contributed by atoms with Crippen LogP contribution in [0.25, 0.3) is 5.69 Å². The molecule has 31 heavy (non-hydrogen) atoms. The van der Waals surface area contributed by atoms with Gasteiger partial charge in [-0.2, -0.15) is 9.78 Å². The highest BCUT2D eigenvalue weighted by Gasteiger charge is 2.16. The van der Waals surface area contributed by atoms with Crippen LogP contribution in [0.1, 0.15) is 18.1 Å². The van der Waals surface area contributed by atoms with Crippen LogP contribution in [0.4, 0.5) is 5.69 Å². The van der Waals surface area contributed by atoms with Gasteiger partial charge in [0.1, 0.15) is 5.03 Å². The van der Waals surface area contributed by atoms with E-state index in [1.807, 2.05) is 63.2 Å². The summed E-state index contributed by atoms with van der Waals surface area (Å²) in [5, 5.41) is 8.13. The van der Waals surface area contributed by atoms with E-state index in [0.717, 1.165) is 16.8 Å². The molecule has 162 valence electrons. The molecule has 1 N–H and O–H groups in total. The Morgan fingerprint density at radius 3 is 2.52 bits per heavy atom. The van der Waals surface area contributed by atoms with Gasteiger partial charge in [0, 0.05) is 37.4 Å². The van der Waals surface area contributed by atoms with Gasteiger partial charge in [0.2, 0.25) is 5.91 Å². The number of benzene rings is 2. The number of carbonyl (C=O) groups excluding carboxylic acids is 1. The van der Waals surface area contributed by atoms with Crippen LogP contribution < -0.4 is 15.8 Å². The number of aryl methyl sites for hydroxylation is 1. The molecular formula is C23H25ClN4O2S. The smallest absolute Gasteiger partial charge is 0.271 e. The Morgan fingerprint density at radius 2 is 1.87 bits per heavy atom. The highest BCUT2D eigenvalue weighted by Crippen LogP contribution is 2.22. The fraction of sp³-hybridized carbons (Fsp3) is 0.261. The predicted molar refractivity (Wildman–Crippen MR) is 128 cm³/mol. The molecule has 0 bridgehead atoms. The highest BCUT2D eigenvalue weighted by atomic mass is 35.5. The third kappa shape index (κ3) is 5.89. The molecule has 0 aliphatic heterocycles. The van der Waals surface area contributed by atoms with Crippen molar-refractivity contribution < 1.29 is 4.79 Å². The van der Waals surface area contributed by atoms with Gasteiger partial charge in [0.15, 0.2) is 0 Å². The third-order valence-electron chi connectivity index (χ3n) is 4.76. The van der Waals surface area contributed by atoms with Crippen LogP contribution in [0.15, 0.2) is 64.4 Å². The quantitative estimate of drug-likeness (QED) is 0.543. The summed E-state index contributed by atoms with van der Waals surface area (Å²) < 4.78 is 1.30. The zero-order chi connectivity index (χ0) is 22.5. The zero-order valence-corrected chi connectivity index (χ0v) is 19.5. The Kier molecular flexibility index (Phi) is 7.41. The molecule has 6 nitrogen and oxygen atoms in total. The van der Waals surface area contributed by atoms with Crippen LogP contribution >= 0.6 is 23.4 Å². The summed E-state index contributed by atoms with van der Waals surface area (Å²) in [5.41, 5.74) is 3.38. The van der Waals surface area contributed by atoms with Crippen molar-refractivity contribution in [1.29, 1.82) is 0 Å². The topological polar surface area (TPSA) is 67.2 Å². The van der Waals surface area contributed by atoms with Crippen LogP contribution in [-0.4, -0.2) is 35.0 Å². The number of halogens is 1. The SMILES string of the molecule is Cc1ccc(-n2nc(SC(C)C(=O)NCc3ccc(N(C)C)cc3)ccc2=O)cc1Cl. The second-order valence-electron chi connectivity index (χ2n) is 7.39. The minimum atomic E-state index is -0.374. The molecule has 0 radical (unpaired) electrons. The maximum Gasteiger partial charge on any atom is 0.271 e. The van der Waals surface area contributed by atoms with E-state index in [1.165, 1.54) is 22.5 Å². The van der Waals surface area contributed by atoms with Gasteiger partial charge in [-0.1, -0.05) is 41.6 Å². The molecule has 1 amide bonds. The maximum atomic E-state index is 12.5. The highest BCUT2D eigenvalue weighted by molar-refractivity contribution is 8.00. The lowest BCUT2D eigenvalue weighted by Crippen LogP contribution is -2.30. The first-order chi connectivity index (χ1) is 14.7. The van der Waals surface area contributed by atoms with Crippen molar-refractivity contribution in [1.82, 2.24) is 15.1 Å². The number of hydrogen-bond acceptors (Lipinski definition) is 5. The summed E-state index contributed by atoms with van der Waals surface area (Å²) in [6, 6.07) is 16.4. The van der Waals surface area contributed by atoms with Crippen molar-refractivity contribution in [3.63, 3.8) is 0 Å². The average Bonchev–Trinajstić information content (AvgIpc) is 2.75. The predicted octanol–water partition coefficient (Wildman–Crippen LogP) is 4.06. The number of hydrogen-bond donors (Lipinski definition) is 1. The van der Waals surface area contributed by atoms with E-state index >= 15 is 0 Å². The summed E-state index contributed by atoms with van der Waals surface area (Å²) >= 11 is 7.48. The van der Waals surface area contributed by atoms with Crippen LogP contribution in [-0.2, 0) is 11.3 Å². The summed E-state index contributed by atoms with van der Waals surface area (Å²) in [4.78, 5) is 26.9. The molecule has 0 spiro atoms. The molecule has 3 aromatic rings. The largest absolute Gasteiger partial charge is 0.378 e. The molecule has 0 aliphatic rings. The minimum Gasteiger partial charge on any atom is -0.378 e. The summed E-state index contributed by atoms with van der Waals surface area (Å²) in [6.07, 6.45) is 0. The lowest BCUT2D eigenvalue weighted by atomic mass is 10.2. The van der Waals surface area contributed by atoms with Crippen LogP contribution in [0.5, 0.6) is 0 Å². The number of anilines is 1. The number of amides is 1. The van der Waals surface area contributed by atoms with Gasteiger partial charge in [-0.15, -0.1) is 0 Å². The molecule has 2 aromatic carbocycles. The van der Waals surface area contributed by atoms with Crippen molar-refractivity contribution in [3.05, 3.63) is 81.1 Å². The zero-order valence-electron chi connectivity index (χ0n) is 17.9. The molecule has 0 fully saturated rings. The Morgan fingerprint density at radius 1 is 1.16 bits per heavy atom. The van der Waals surface area contributed by atoms with Crippen molar-refractivity contribution >= 4 is 35.0 Å². The second kappa shape index (κ2) is 10.0. The molecule has 1 aromatic heterocycles. The van der Waals surface area contributed by atoms with Gasteiger partial charge in [0.05, 0.1) is 10.9 Å². The molecule has 1 atom stereocenters. The van der Waals surface area contributed by atoms with E-state index in [0.29, 0.717) is 22.3 Å². The molecule has 0 saturated heterocycles. The van der Waals surface area contributed by atoms with E-state index < -0.39 is 0 Å². The van der Waals surface area contributed by atoms with Gasteiger partial charge in [0.25, 0.3) is 5.56 Å². The monoisotopic (exact) mass is 456 g/mol. The summed E-state index contributed by atoms with van der Waals surface area (Å²) in [5.74, 6) is -0.0976. The Hall–Kier alpha value is -2.77. The van der Waals surface area contributed by atoms with E-state index in [9.17, 15) is 9.59 Å². The number of rotatable bonds is 7. The number of carbonyl (C=O) groups is 1. The van der Waals surface area contributed by atoms with Gasteiger partial charge in [-0.05, 0) is 55.3 Å². The standard InChI is InChI=1S/C23H25ClN4O2S/c1-15-5-8-19(13-20(15)24)28-22(29)12-11-21(26-28)31-16(2)23(30)25-14-17-6-9-18(10-7-17)27(3)4/h5-13,16H,14H2,1-4H3,(H,25,30). The number of aromatic nitrogens is 2. The second-order valence-corrected chi connectivity index (χ2v) is 9.16. The normalized spacial score (nSPS) is 11.8. The van der Waals surface area contributed by atoms with E-state index in [-0.39, 0.29) is 16.7 Å². The first kappa shape index (κ1) is 22.9. The van der Waals surface area contributed by atoms with Crippen molar-refractivity contribution in [3.8, 4) is 5.69 Å². The van der Waals surface area contributed by atoms with Crippen molar-refractivity contribution in [2.24, 2.45) is 0 Å². The van der Waals surface area contributed by atoms with E-state index in [1.54, 1.807) is 18.2 Å². The van der Waals surface area contributed by atoms with Crippen LogP contribution in [0.2, 0.25) is 5.02 Å². The summed E-state index contributed by atoms with van der Waals surface area (Å²) in [7, 11) is 3.97. The number of thioether (sulfide) groups is 1. The molecule has 3 rings (SSSR count). The summed E-state index contributed by atoms with van der Waals surface area (Å²) in [6.45, 7) is 4.16. The van der Waals surface area contributed by atoms with Crippen LogP contribution in [0, 0.1) is 6.92 Å². The first-order valence-corrected chi connectivity index (χ1v) is 11.1. The lowest BCUT2D eigenvalue weighted by molar-refractivity contribution is -0.120. The molecule has 8 heteroatoms. The van der Waals surface area contributed by atoms with Gasteiger partial charge >= 0.3 is 0 Å². The van der Waals surface area contributed by atoms with Crippen molar-refractivity contribution in [2.75, 3.05) is 19.0 Å². The fourth-order valence-electron chi connectivity index (χ4n) is 2.84. The lowest BCUT2D eigenvalue weighted by Gasteiger charge is -2.14. The molecule has 1 unspecified atom stereocenters. The third-order valence-corrected chi connectivity index (χ3v) is 6.20. The Labute approximate surface area is 191 Å². The molecule has 1 heterocycles. The van der Waals surface area contributed by atoms with Crippen molar-refractivity contribution in [2.45, 2.75) is 30.7 Å². The van der Waals surface area contributed by atoms with Crippen LogP contribution in [0.3, 0.4) is 0 Å². The fourth-order valence-corrected chi connectivity index (χ4v) is 3.84. The molecule has 0 aliphatic carbocycles. The Balaban J connectivity index is 1.65. The van der Waals surface area contributed by atoms with Gasteiger partial charge in [-0.25, -0.2) is 0 Å². The van der Waals surface area contributed by atoms with E-state index in [2.05, 4.69) is 10.4 Å². The number of nitrogens with zero attached hydrogens (tertiary/aromatic N) is 3. The van der Waals surface area contributed by atoms with Gasteiger partial charge in [-0.3, -0.25) is 9.59 Å². The van der Waals surface area contributed by atoms with E-state index in [4.69, 9.17) is 11.6 Å². The van der Waals surface area contributed by atoms with Gasteiger partial charge < -0.3 is 10.2 Å². The first-order valence-electron chi connectivity index (χ1n) is 9.82. The number of nitrogens with one attached hydrogen (secondary N) is 1. The Bertz CT molecular complexity index is 1130. The minimum absolute atomic E-state index is 0.0976. The average molecular weight is 457 g/mol. The maximum absolute atomic E-state index is 12.5. The molecule has 0 saturated carbocycles. The molecular weight excluding hydrogens is 432 g/mol.